The molecule has 0 aliphatic carbocycles. The second-order valence-electron chi connectivity index (χ2n) is 6.04. The van der Waals surface area contributed by atoms with Gasteiger partial charge in [0, 0.05) is 17.1 Å². The molecule has 27 heavy (non-hydrogen) atoms. The molecule has 8 heteroatoms. The Labute approximate surface area is 163 Å². The molecule has 0 saturated carbocycles. The molecule has 6 nitrogen and oxygen atoms in total. The molecular weight excluding hydrogens is 384 g/mol. The van der Waals surface area contributed by atoms with Gasteiger partial charge in [-0.2, -0.15) is 0 Å². The van der Waals surface area contributed by atoms with Gasteiger partial charge >= 0.3 is 0 Å². The molecule has 0 atom stereocenters. The molecule has 2 heterocycles. The summed E-state index contributed by atoms with van der Waals surface area (Å²) in [7, 11) is 0. The van der Waals surface area contributed by atoms with Crippen LogP contribution in [0, 0.1) is 6.92 Å². The van der Waals surface area contributed by atoms with Crippen molar-refractivity contribution in [1.82, 2.24) is 14.5 Å². The molecule has 1 N–H and O–H groups in total. The first-order valence-electron chi connectivity index (χ1n) is 8.35. The number of aryl methyl sites for hydroxylation is 2. The molecule has 0 aliphatic rings. The zero-order valence-electron chi connectivity index (χ0n) is 14.6. The van der Waals surface area contributed by atoms with Gasteiger partial charge in [0.15, 0.2) is 5.13 Å². The maximum atomic E-state index is 12.6. The van der Waals surface area contributed by atoms with Crippen LogP contribution in [0.25, 0.3) is 21.3 Å². The van der Waals surface area contributed by atoms with Gasteiger partial charge in [0.1, 0.15) is 5.69 Å². The average molecular weight is 399 g/mol. The van der Waals surface area contributed by atoms with Crippen LogP contribution >= 0.6 is 22.9 Å². The van der Waals surface area contributed by atoms with E-state index < -0.39 is 0 Å². The predicted molar refractivity (Wildman–Crippen MR) is 109 cm³/mol. The summed E-state index contributed by atoms with van der Waals surface area (Å²) < 4.78 is 2.55. The number of halogens is 1. The second kappa shape index (κ2) is 6.75. The molecule has 0 aliphatic heterocycles. The van der Waals surface area contributed by atoms with E-state index >= 15 is 0 Å². The monoisotopic (exact) mass is 398 g/mol. The van der Waals surface area contributed by atoms with Crippen molar-refractivity contribution in [3.63, 3.8) is 0 Å². The molecule has 4 aromatic rings. The summed E-state index contributed by atoms with van der Waals surface area (Å²) in [5.41, 5.74) is 2.84. The molecular formula is C19H15ClN4O2S. The van der Waals surface area contributed by atoms with Gasteiger partial charge in [-0.25, -0.2) is 9.97 Å². The summed E-state index contributed by atoms with van der Waals surface area (Å²) in [6.45, 7) is 4.12. The molecule has 0 unspecified atom stereocenters. The van der Waals surface area contributed by atoms with E-state index in [4.69, 9.17) is 11.6 Å². The van der Waals surface area contributed by atoms with Crippen molar-refractivity contribution < 1.29 is 4.79 Å². The Morgan fingerprint density at radius 1 is 1.19 bits per heavy atom. The summed E-state index contributed by atoms with van der Waals surface area (Å²) in [6, 6.07) is 10.5. The standard InChI is InChI=1S/C19H15ClN4O2S/c1-3-24-15-7-4-11(8-14(15)21-10(2)18(24)26)17(25)23-19-22-13-6-5-12(20)9-16(13)27-19/h4-9H,3H2,1-2H3,(H,22,23,25). The first kappa shape index (κ1) is 17.6. The van der Waals surface area contributed by atoms with Gasteiger partial charge in [-0.1, -0.05) is 22.9 Å². The number of aromatic nitrogens is 3. The average Bonchev–Trinajstić information content (AvgIpc) is 3.03. The fraction of sp³-hybridized carbons (Fsp3) is 0.158. The highest BCUT2D eigenvalue weighted by Crippen LogP contribution is 2.28. The third-order valence-corrected chi connectivity index (χ3v) is 5.43. The normalized spacial score (nSPS) is 11.2. The number of nitrogens with zero attached hydrogens (tertiary/aromatic N) is 3. The molecule has 0 radical (unpaired) electrons. The van der Waals surface area contributed by atoms with Crippen LogP contribution in [-0.4, -0.2) is 20.4 Å². The number of nitrogens with one attached hydrogen (secondary N) is 1. The number of benzene rings is 2. The number of amides is 1. The largest absolute Gasteiger partial charge is 0.305 e. The Balaban J connectivity index is 1.69. The van der Waals surface area contributed by atoms with Crippen molar-refractivity contribution in [2.75, 3.05) is 5.32 Å². The number of carbonyl (C=O) groups is 1. The lowest BCUT2D eigenvalue weighted by atomic mass is 10.1. The topological polar surface area (TPSA) is 76.9 Å². The van der Waals surface area contributed by atoms with Gasteiger partial charge in [0.2, 0.25) is 0 Å². The van der Waals surface area contributed by atoms with E-state index in [1.807, 2.05) is 19.1 Å². The van der Waals surface area contributed by atoms with Crippen molar-refractivity contribution in [3.05, 3.63) is 63.0 Å². The Bertz CT molecular complexity index is 1260. The van der Waals surface area contributed by atoms with Crippen LogP contribution in [0.15, 0.2) is 41.2 Å². The van der Waals surface area contributed by atoms with E-state index in [9.17, 15) is 9.59 Å². The number of anilines is 1. The minimum atomic E-state index is -0.282. The van der Waals surface area contributed by atoms with E-state index in [1.54, 1.807) is 35.8 Å². The van der Waals surface area contributed by atoms with Gasteiger partial charge in [-0.05, 0) is 50.2 Å². The first-order chi connectivity index (χ1) is 13.0. The number of thiazole rings is 1. The highest BCUT2D eigenvalue weighted by atomic mass is 35.5. The van der Waals surface area contributed by atoms with Crippen LogP contribution in [0.2, 0.25) is 5.02 Å². The lowest BCUT2D eigenvalue weighted by molar-refractivity contribution is 0.102. The second-order valence-corrected chi connectivity index (χ2v) is 7.50. The van der Waals surface area contributed by atoms with Crippen LogP contribution in [0.4, 0.5) is 5.13 Å². The fourth-order valence-corrected chi connectivity index (χ4v) is 4.09. The predicted octanol–water partition coefficient (Wildman–Crippen LogP) is 4.24. The smallest absolute Gasteiger partial charge is 0.272 e. The van der Waals surface area contributed by atoms with E-state index in [0.717, 1.165) is 10.2 Å². The third-order valence-electron chi connectivity index (χ3n) is 4.26. The zero-order valence-corrected chi connectivity index (χ0v) is 16.2. The highest BCUT2D eigenvalue weighted by molar-refractivity contribution is 7.22. The van der Waals surface area contributed by atoms with Crippen molar-refractivity contribution in [2.24, 2.45) is 0 Å². The minimum Gasteiger partial charge on any atom is -0.305 e. The first-order valence-corrected chi connectivity index (χ1v) is 9.54. The summed E-state index contributed by atoms with van der Waals surface area (Å²) >= 11 is 7.35. The van der Waals surface area contributed by atoms with Gasteiger partial charge < -0.3 is 4.57 Å². The van der Waals surface area contributed by atoms with E-state index in [-0.39, 0.29) is 11.5 Å². The van der Waals surface area contributed by atoms with Crippen LogP contribution in [0.1, 0.15) is 23.0 Å². The fourth-order valence-electron chi connectivity index (χ4n) is 2.95. The molecule has 1 amide bonds. The Hall–Kier alpha value is -2.77. The maximum absolute atomic E-state index is 12.6. The summed E-state index contributed by atoms with van der Waals surface area (Å²) in [6.07, 6.45) is 0. The van der Waals surface area contributed by atoms with Crippen LogP contribution in [0.5, 0.6) is 0 Å². The Kier molecular flexibility index (Phi) is 4.41. The van der Waals surface area contributed by atoms with Crippen molar-refractivity contribution in [3.8, 4) is 0 Å². The molecule has 136 valence electrons. The number of carbonyl (C=O) groups excluding carboxylic acids is 1. The van der Waals surface area contributed by atoms with Gasteiger partial charge in [0.25, 0.3) is 11.5 Å². The molecule has 0 saturated heterocycles. The Morgan fingerprint density at radius 2 is 2.00 bits per heavy atom. The highest BCUT2D eigenvalue weighted by Gasteiger charge is 2.13. The summed E-state index contributed by atoms with van der Waals surface area (Å²) in [5, 5.41) is 3.94. The summed E-state index contributed by atoms with van der Waals surface area (Å²) in [4.78, 5) is 33.6. The number of rotatable bonds is 3. The van der Waals surface area contributed by atoms with Crippen LogP contribution in [-0.2, 0) is 6.54 Å². The molecule has 2 aromatic carbocycles. The molecule has 4 rings (SSSR count). The maximum Gasteiger partial charge on any atom is 0.272 e. The van der Waals surface area contributed by atoms with Crippen molar-refractivity contribution in [1.29, 1.82) is 0 Å². The SMILES string of the molecule is CCn1c(=O)c(C)nc2cc(C(=O)Nc3nc4ccc(Cl)cc4s3)ccc21. The number of hydrogen-bond donors (Lipinski definition) is 1. The lowest BCUT2D eigenvalue weighted by Gasteiger charge is -2.10. The van der Waals surface area contributed by atoms with E-state index in [2.05, 4.69) is 15.3 Å². The molecule has 0 fully saturated rings. The van der Waals surface area contributed by atoms with Crippen LogP contribution < -0.4 is 10.9 Å². The van der Waals surface area contributed by atoms with Crippen LogP contribution in [0.3, 0.4) is 0 Å². The number of hydrogen-bond acceptors (Lipinski definition) is 5. The minimum absolute atomic E-state index is 0.115. The third kappa shape index (κ3) is 3.20. The van der Waals surface area contributed by atoms with Crippen molar-refractivity contribution >= 4 is 55.2 Å². The van der Waals surface area contributed by atoms with Crippen molar-refractivity contribution in [2.45, 2.75) is 20.4 Å². The van der Waals surface area contributed by atoms with Gasteiger partial charge in [-0.15, -0.1) is 0 Å². The van der Waals surface area contributed by atoms with Gasteiger partial charge in [-0.3, -0.25) is 14.9 Å². The molecule has 0 bridgehead atoms. The lowest BCUT2D eigenvalue weighted by Crippen LogP contribution is -2.23. The number of fused-ring (bicyclic) bond motifs is 2. The van der Waals surface area contributed by atoms with E-state index in [1.165, 1.54) is 11.3 Å². The molecule has 2 aromatic heterocycles. The van der Waals surface area contributed by atoms with E-state index in [0.29, 0.717) is 39.0 Å². The zero-order chi connectivity index (χ0) is 19.1. The summed E-state index contributed by atoms with van der Waals surface area (Å²) in [5.74, 6) is -0.282. The molecule has 0 spiro atoms. The van der Waals surface area contributed by atoms with Gasteiger partial charge in [0.05, 0.1) is 21.3 Å². The quantitative estimate of drug-likeness (QED) is 0.560. The Morgan fingerprint density at radius 3 is 2.78 bits per heavy atom.